The molecule has 2 unspecified atom stereocenters. The van der Waals surface area contributed by atoms with Crippen molar-refractivity contribution in [2.24, 2.45) is 11.8 Å². The zero-order valence-corrected chi connectivity index (χ0v) is 18.8. The third-order valence-corrected chi connectivity index (χ3v) is 4.26. The lowest BCUT2D eigenvalue weighted by Crippen LogP contribution is -2.01. The molecule has 0 saturated heterocycles. The molecule has 0 aliphatic carbocycles. The van der Waals surface area contributed by atoms with Crippen LogP contribution in [-0.4, -0.2) is 7.11 Å². The predicted octanol–water partition coefficient (Wildman–Crippen LogP) is 8.81. The van der Waals surface area contributed by atoms with E-state index in [0.29, 0.717) is 11.8 Å². The third kappa shape index (κ3) is 12.3. The van der Waals surface area contributed by atoms with Crippen LogP contribution >= 0.6 is 0 Å². The molecule has 0 amide bonds. The average Bonchev–Trinajstić information content (AvgIpc) is 2.75. The fraction of sp³-hybridized carbons (Fsp3) is 0.440. The summed E-state index contributed by atoms with van der Waals surface area (Å²) in [4.78, 5) is 0. The zero-order valence-electron chi connectivity index (χ0n) is 18.8. The molecule has 0 bridgehead atoms. The molecule has 0 radical (unpaired) electrons. The number of allylic oxidation sites excluding steroid dienone is 7. The van der Waals surface area contributed by atoms with Crippen LogP contribution in [0.1, 0.15) is 53.9 Å². The van der Waals surface area contributed by atoms with Crippen LogP contribution in [0, 0.1) is 11.8 Å². The molecule has 1 nitrogen and oxygen atoms in total. The van der Waals surface area contributed by atoms with E-state index in [1.54, 1.807) is 12.2 Å². The maximum absolute atomic E-state index is 14.0. The van der Waals surface area contributed by atoms with Gasteiger partial charge < -0.3 is 4.74 Å². The van der Waals surface area contributed by atoms with Gasteiger partial charge in [-0.3, -0.25) is 0 Å². The topological polar surface area (TPSA) is 9.23 Å². The fourth-order valence-corrected chi connectivity index (χ4v) is 1.88. The minimum Gasteiger partial charge on any atom is -0.494 e. The van der Waals surface area contributed by atoms with Gasteiger partial charge in [0.2, 0.25) is 5.83 Å². The maximum atomic E-state index is 14.0. The molecular weight excluding hydrogens is 354 g/mol. The Kier molecular flexibility index (Phi) is 19.9. The lowest BCUT2D eigenvalue weighted by atomic mass is 9.91. The largest absolute Gasteiger partial charge is 0.494 e. The Morgan fingerprint density at radius 3 is 1.86 bits per heavy atom. The molecule has 0 aliphatic rings. The van der Waals surface area contributed by atoms with E-state index in [1.165, 1.54) is 7.11 Å². The van der Waals surface area contributed by atoms with Gasteiger partial charge in [0.05, 0.1) is 7.11 Å². The lowest BCUT2D eigenvalue weighted by Gasteiger charge is -2.15. The van der Waals surface area contributed by atoms with Crippen molar-refractivity contribution in [2.45, 2.75) is 53.9 Å². The molecule has 0 aromatic carbocycles. The van der Waals surface area contributed by atoms with E-state index in [-0.39, 0.29) is 16.9 Å². The van der Waals surface area contributed by atoms with Gasteiger partial charge in [-0.25, -0.2) is 4.39 Å². The van der Waals surface area contributed by atoms with Gasteiger partial charge in [0.1, 0.15) is 5.76 Å². The molecule has 0 aromatic heterocycles. The van der Waals surface area contributed by atoms with Crippen LogP contribution in [0.4, 0.5) is 8.78 Å². The summed E-state index contributed by atoms with van der Waals surface area (Å²) in [7, 11) is 1.22. The van der Waals surface area contributed by atoms with E-state index >= 15 is 0 Å². The Hall–Kier alpha value is -2.16. The van der Waals surface area contributed by atoms with Gasteiger partial charge in [0.25, 0.3) is 0 Å². The van der Waals surface area contributed by atoms with Gasteiger partial charge in [-0.15, -0.1) is 13.2 Å². The Labute approximate surface area is 172 Å². The highest BCUT2D eigenvalue weighted by Crippen LogP contribution is 2.27. The van der Waals surface area contributed by atoms with Gasteiger partial charge in [-0.2, -0.15) is 4.39 Å². The van der Waals surface area contributed by atoms with Crippen LogP contribution in [0.5, 0.6) is 0 Å². The highest BCUT2D eigenvalue weighted by molar-refractivity contribution is 5.49. The average molecular weight is 395 g/mol. The number of hydrogen-bond donors (Lipinski definition) is 0. The minimum absolute atomic E-state index is 0.137. The molecule has 0 saturated carbocycles. The van der Waals surface area contributed by atoms with Gasteiger partial charge >= 0.3 is 0 Å². The van der Waals surface area contributed by atoms with Gasteiger partial charge in [-0.05, 0) is 23.8 Å². The molecule has 0 spiro atoms. The predicted molar refractivity (Wildman–Crippen MR) is 122 cm³/mol. The summed E-state index contributed by atoms with van der Waals surface area (Å²) in [5.74, 6) is -1.66. The van der Waals surface area contributed by atoms with Crippen molar-refractivity contribution in [3.05, 3.63) is 85.8 Å². The van der Waals surface area contributed by atoms with Crippen molar-refractivity contribution in [3.63, 3.8) is 0 Å². The smallest absolute Gasteiger partial charge is 0.200 e. The molecule has 0 N–H and O–H groups in total. The molecule has 0 aliphatic heterocycles. The Balaban J connectivity index is -0.00000146. The van der Waals surface area contributed by atoms with E-state index in [0.717, 1.165) is 24.8 Å². The molecule has 0 rings (SSSR count). The second-order valence-electron chi connectivity index (χ2n) is 6.16. The first kappa shape index (κ1) is 30.6. The summed E-state index contributed by atoms with van der Waals surface area (Å²) in [5, 5.41) is 0. The van der Waals surface area contributed by atoms with Crippen molar-refractivity contribution in [1.29, 1.82) is 0 Å². The standard InChI is InChI=1S/C21H30F2O.C2H6.C2H4/c1-9-14(2)10-11-15(3)16(4)12-13-17(5)18(6)20(22)21(23)19(7)24-8;2*1-2/h12-15H,4-7,9-11H2,1-3,8H3;1-2H3;1-2H2/b13-12-,21-20-;;. The first-order chi connectivity index (χ1) is 13.1. The first-order valence-corrected chi connectivity index (χ1v) is 9.69. The van der Waals surface area contributed by atoms with Crippen molar-refractivity contribution in [3.8, 4) is 0 Å². The Bertz CT molecular complexity index is 567. The summed E-state index contributed by atoms with van der Waals surface area (Å²) in [6.07, 6.45) is 6.73. The number of methoxy groups -OCH3 is 1. The van der Waals surface area contributed by atoms with Crippen LogP contribution in [0.15, 0.2) is 85.8 Å². The van der Waals surface area contributed by atoms with Gasteiger partial charge in [0.15, 0.2) is 5.83 Å². The monoisotopic (exact) mass is 394 g/mol. The number of rotatable bonds is 11. The molecule has 28 heavy (non-hydrogen) atoms. The highest BCUT2D eigenvalue weighted by atomic mass is 19.2. The fourth-order valence-electron chi connectivity index (χ4n) is 1.88. The second-order valence-corrected chi connectivity index (χ2v) is 6.16. The van der Waals surface area contributed by atoms with E-state index in [4.69, 9.17) is 0 Å². The maximum Gasteiger partial charge on any atom is 0.200 e. The molecule has 160 valence electrons. The first-order valence-electron chi connectivity index (χ1n) is 9.69. The summed E-state index contributed by atoms with van der Waals surface area (Å²) in [6.45, 7) is 31.1. The van der Waals surface area contributed by atoms with Crippen LogP contribution in [0.25, 0.3) is 0 Å². The third-order valence-electron chi connectivity index (χ3n) is 4.26. The molecule has 0 aromatic rings. The summed E-state index contributed by atoms with van der Waals surface area (Å²) in [5.41, 5.74) is 1.07. The SMILES string of the molecule is C=C.C=C(/C=C\C(=C)C(C)CCC(C)CC)C(=C)/C(F)=C(/F)C(=C)OC.CC. The summed E-state index contributed by atoms with van der Waals surface area (Å²) in [6, 6.07) is 0. The molecule has 3 heteroatoms. The number of ether oxygens (including phenoxy) is 1. The Morgan fingerprint density at radius 1 is 0.929 bits per heavy atom. The van der Waals surface area contributed by atoms with Crippen LogP contribution in [-0.2, 0) is 4.74 Å². The molecule has 0 fully saturated rings. The van der Waals surface area contributed by atoms with Crippen molar-refractivity contribution >= 4 is 0 Å². The molecular formula is C25H40F2O. The van der Waals surface area contributed by atoms with E-state index in [1.807, 2.05) is 13.8 Å². The summed E-state index contributed by atoms with van der Waals surface area (Å²) >= 11 is 0. The number of hydrogen-bond acceptors (Lipinski definition) is 1. The zero-order chi connectivity index (χ0) is 22.9. The lowest BCUT2D eigenvalue weighted by molar-refractivity contribution is 0.281. The summed E-state index contributed by atoms with van der Waals surface area (Å²) < 4.78 is 32.2. The van der Waals surface area contributed by atoms with E-state index < -0.39 is 11.7 Å². The van der Waals surface area contributed by atoms with E-state index in [2.05, 4.69) is 65.0 Å². The number of halogens is 2. The van der Waals surface area contributed by atoms with Crippen LogP contribution in [0.2, 0.25) is 0 Å². The highest BCUT2D eigenvalue weighted by Gasteiger charge is 2.15. The van der Waals surface area contributed by atoms with Crippen LogP contribution in [0.3, 0.4) is 0 Å². The van der Waals surface area contributed by atoms with Gasteiger partial charge in [-0.1, -0.05) is 91.5 Å². The van der Waals surface area contributed by atoms with Crippen molar-refractivity contribution < 1.29 is 13.5 Å². The molecule has 0 heterocycles. The van der Waals surface area contributed by atoms with E-state index in [9.17, 15) is 8.78 Å². The van der Waals surface area contributed by atoms with Crippen molar-refractivity contribution in [2.75, 3.05) is 7.11 Å². The molecule has 2 atom stereocenters. The second kappa shape index (κ2) is 18.2. The van der Waals surface area contributed by atoms with Crippen LogP contribution < -0.4 is 0 Å². The van der Waals surface area contributed by atoms with Gasteiger partial charge in [0, 0.05) is 5.57 Å². The quantitative estimate of drug-likeness (QED) is 0.193. The minimum atomic E-state index is -1.17. The Morgan fingerprint density at radius 2 is 1.43 bits per heavy atom. The van der Waals surface area contributed by atoms with Crippen molar-refractivity contribution in [1.82, 2.24) is 0 Å². The normalized spacial score (nSPS) is 13.0.